The Hall–Kier alpha value is -3.60. The molecule has 0 bridgehead atoms. The highest BCUT2D eigenvalue weighted by Crippen LogP contribution is 2.21. The number of nitrogens with zero attached hydrogens (tertiary/aromatic N) is 1. The molecule has 0 aliphatic rings. The van der Waals surface area contributed by atoms with E-state index in [1.165, 1.54) is 49.6 Å². The van der Waals surface area contributed by atoms with E-state index < -0.39 is 25.7 Å². The number of nitrogens with one attached hydrogen (secondary N) is 2. The van der Waals surface area contributed by atoms with Crippen LogP contribution >= 0.6 is 0 Å². The first-order valence-electron chi connectivity index (χ1n) is 7.44. The normalized spacial score (nSPS) is 12.1. The minimum absolute atomic E-state index is 0.137. The minimum Gasteiger partial charge on any atom is -0.497 e. The first-order chi connectivity index (χ1) is 12.8. The molecule has 0 aliphatic heterocycles. The molecule has 0 saturated heterocycles. The van der Waals surface area contributed by atoms with Crippen molar-refractivity contribution in [3.63, 3.8) is 0 Å². The molecule has 11 heteroatoms. The topological polar surface area (TPSA) is 145 Å². The Morgan fingerprint density at radius 3 is 2.59 bits per heavy atom. The number of methoxy groups -OCH3 is 1. The van der Waals surface area contributed by atoms with Crippen molar-refractivity contribution in [3.8, 4) is 5.75 Å². The second kappa shape index (κ2) is 6.96. The summed E-state index contributed by atoms with van der Waals surface area (Å²) in [5.41, 5.74) is 0.875. The van der Waals surface area contributed by atoms with Crippen LogP contribution in [0.4, 0.5) is 5.69 Å². The van der Waals surface area contributed by atoms with Crippen molar-refractivity contribution in [1.29, 1.82) is 0 Å². The molecule has 3 aromatic rings. The molecule has 0 radical (unpaired) electrons. The van der Waals surface area contributed by atoms with E-state index in [1.54, 1.807) is 0 Å². The maximum Gasteiger partial charge on any atom is 0.417 e. The van der Waals surface area contributed by atoms with Crippen molar-refractivity contribution in [2.75, 3.05) is 11.8 Å². The van der Waals surface area contributed by atoms with Crippen molar-refractivity contribution in [3.05, 3.63) is 73.7 Å². The third-order valence-corrected chi connectivity index (χ3v) is 4.85. The van der Waals surface area contributed by atoms with Crippen LogP contribution in [0.5, 0.6) is 5.75 Å². The molecule has 2 N–H and O–H groups in total. The van der Waals surface area contributed by atoms with Gasteiger partial charge in [-0.15, -0.1) is 0 Å². The summed E-state index contributed by atoms with van der Waals surface area (Å²) in [7, 11) is -3.01. The predicted molar refractivity (Wildman–Crippen MR) is 97.3 cm³/mol. The third-order valence-electron chi connectivity index (χ3n) is 3.53. The van der Waals surface area contributed by atoms with E-state index in [2.05, 4.69) is 9.71 Å². The van der Waals surface area contributed by atoms with Crippen LogP contribution in [0.25, 0.3) is 17.2 Å². The largest absolute Gasteiger partial charge is 0.497 e. The van der Waals surface area contributed by atoms with Crippen molar-refractivity contribution in [2.45, 2.75) is 0 Å². The molecule has 0 unspecified atom stereocenters. The summed E-state index contributed by atoms with van der Waals surface area (Å²) in [6.45, 7) is 0. The van der Waals surface area contributed by atoms with Gasteiger partial charge in [0.15, 0.2) is 5.58 Å². The molecule has 10 nitrogen and oxygen atoms in total. The van der Waals surface area contributed by atoms with Gasteiger partial charge in [-0.1, -0.05) is 6.07 Å². The zero-order valence-corrected chi connectivity index (χ0v) is 14.6. The zero-order valence-electron chi connectivity index (χ0n) is 13.8. The molecule has 1 heterocycles. The van der Waals surface area contributed by atoms with Crippen molar-refractivity contribution in [2.24, 2.45) is 0 Å². The van der Waals surface area contributed by atoms with Crippen LogP contribution in [-0.2, 0) is 10.0 Å². The van der Waals surface area contributed by atoms with Crippen LogP contribution in [0, 0.1) is 10.1 Å². The van der Waals surface area contributed by atoms with Crippen LogP contribution in [0.1, 0.15) is 5.56 Å². The smallest absolute Gasteiger partial charge is 0.417 e. The molecule has 140 valence electrons. The number of ether oxygens (including phenoxy) is 1. The number of sulfonamides is 1. The number of hydrogen-bond acceptors (Lipinski definition) is 7. The Labute approximate surface area is 152 Å². The molecule has 0 amide bonds. The molecule has 0 saturated carbocycles. The van der Waals surface area contributed by atoms with Crippen molar-refractivity contribution < 1.29 is 22.5 Å². The van der Waals surface area contributed by atoms with Gasteiger partial charge in [-0.25, -0.2) is 4.79 Å². The zero-order chi connectivity index (χ0) is 19.6. The number of aromatic nitrogens is 1. The fourth-order valence-corrected chi connectivity index (χ4v) is 3.34. The number of rotatable bonds is 6. The van der Waals surface area contributed by atoms with Gasteiger partial charge in [0.05, 0.1) is 17.5 Å². The lowest BCUT2D eigenvalue weighted by Gasteiger charge is -2.07. The molecule has 0 spiro atoms. The number of oxazole rings is 1. The van der Waals surface area contributed by atoms with Gasteiger partial charge in [-0.3, -0.25) is 19.8 Å². The van der Waals surface area contributed by atoms with Gasteiger partial charge >= 0.3 is 20.8 Å². The van der Waals surface area contributed by atoms with Gasteiger partial charge in [0.1, 0.15) is 5.75 Å². The number of hydrogen-bond donors (Lipinski definition) is 2. The summed E-state index contributed by atoms with van der Waals surface area (Å²) in [6, 6.07) is 10.0. The van der Waals surface area contributed by atoms with E-state index in [4.69, 9.17) is 9.15 Å². The van der Waals surface area contributed by atoms with E-state index in [0.29, 0.717) is 5.75 Å². The highest BCUT2D eigenvalue weighted by molar-refractivity contribution is 7.96. The van der Waals surface area contributed by atoms with Crippen LogP contribution in [0.3, 0.4) is 0 Å². The number of benzene rings is 2. The van der Waals surface area contributed by atoms with E-state index in [9.17, 15) is 23.3 Å². The highest BCUT2D eigenvalue weighted by atomic mass is 32.2. The lowest BCUT2D eigenvalue weighted by molar-refractivity contribution is -0.410. The van der Waals surface area contributed by atoms with Crippen LogP contribution in [0.15, 0.2) is 56.7 Å². The van der Waals surface area contributed by atoms with Crippen LogP contribution < -0.4 is 15.2 Å². The number of H-pyrrole nitrogens is 1. The highest BCUT2D eigenvalue weighted by Gasteiger charge is 2.29. The SMILES string of the molecule is COc1ccc(NS(=O)(=O)/C(=C/c2ccc3oc(=O)[nH]c3c2)[N+](=O)[O-])cc1. The summed E-state index contributed by atoms with van der Waals surface area (Å²) in [4.78, 5) is 23.9. The Balaban J connectivity index is 1.97. The van der Waals surface area contributed by atoms with Crippen LogP contribution in [0.2, 0.25) is 0 Å². The van der Waals surface area contributed by atoms with Gasteiger partial charge in [-0.2, -0.15) is 8.42 Å². The van der Waals surface area contributed by atoms with E-state index >= 15 is 0 Å². The predicted octanol–water partition coefficient (Wildman–Crippen LogP) is 2.15. The average molecular weight is 391 g/mol. The van der Waals surface area contributed by atoms with Gasteiger partial charge < -0.3 is 9.15 Å². The summed E-state index contributed by atoms with van der Waals surface area (Å²) in [5.74, 6) is -0.181. The van der Waals surface area contributed by atoms with Gasteiger partial charge in [-0.05, 0) is 42.0 Å². The number of nitro groups is 1. The first-order valence-corrected chi connectivity index (χ1v) is 8.92. The Morgan fingerprint density at radius 1 is 1.26 bits per heavy atom. The van der Waals surface area contributed by atoms with Gasteiger partial charge in [0.2, 0.25) is 0 Å². The Morgan fingerprint density at radius 2 is 1.96 bits per heavy atom. The third kappa shape index (κ3) is 3.98. The van der Waals surface area contributed by atoms with E-state index in [0.717, 1.165) is 6.08 Å². The van der Waals surface area contributed by atoms with E-state index in [-0.39, 0.29) is 22.4 Å². The lowest BCUT2D eigenvalue weighted by atomic mass is 10.2. The number of aromatic amines is 1. The minimum atomic E-state index is -4.46. The summed E-state index contributed by atoms with van der Waals surface area (Å²) in [6.07, 6.45) is 0.886. The monoisotopic (exact) mass is 391 g/mol. The number of anilines is 1. The van der Waals surface area contributed by atoms with Crippen molar-refractivity contribution >= 4 is 32.9 Å². The summed E-state index contributed by atoms with van der Waals surface area (Å²) < 4.78 is 36.8. The second-order valence-corrected chi connectivity index (χ2v) is 6.97. The average Bonchev–Trinajstić information content (AvgIpc) is 2.98. The molecule has 0 atom stereocenters. The molecular formula is C16H13N3O7S. The molecule has 1 aromatic heterocycles. The fourth-order valence-electron chi connectivity index (χ4n) is 2.30. The fraction of sp³-hybridized carbons (Fsp3) is 0.0625. The van der Waals surface area contributed by atoms with Crippen LogP contribution in [-0.4, -0.2) is 25.4 Å². The second-order valence-electron chi connectivity index (χ2n) is 5.34. The Kier molecular flexibility index (Phi) is 4.69. The standard InChI is InChI=1S/C16H13N3O7S/c1-25-12-5-3-11(4-6-12)18-27(23,24)15(19(21)22)9-10-2-7-14-13(8-10)17-16(20)26-14/h2-9,18H,1H3,(H,17,20)/b15-9+. The van der Waals surface area contributed by atoms with Gasteiger partial charge in [0.25, 0.3) is 0 Å². The lowest BCUT2D eigenvalue weighted by Crippen LogP contribution is -2.20. The Bertz CT molecular complexity index is 1190. The molecule has 0 fully saturated rings. The van der Waals surface area contributed by atoms with Crippen molar-refractivity contribution in [1.82, 2.24) is 4.98 Å². The quantitative estimate of drug-likeness (QED) is 0.484. The summed E-state index contributed by atoms with van der Waals surface area (Å²) in [5, 5.41) is 10.3. The number of fused-ring (bicyclic) bond motifs is 1. The summed E-state index contributed by atoms with van der Waals surface area (Å²) >= 11 is 0. The molecule has 2 aromatic carbocycles. The first kappa shape index (κ1) is 18.2. The van der Waals surface area contributed by atoms with Gasteiger partial charge in [0, 0.05) is 11.8 Å². The van der Waals surface area contributed by atoms with E-state index in [1.807, 2.05) is 0 Å². The molecule has 27 heavy (non-hydrogen) atoms. The molecule has 3 rings (SSSR count). The molecular weight excluding hydrogens is 378 g/mol. The molecule has 0 aliphatic carbocycles. The maximum atomic E-state index is 12.4. The maximum absolute atomic E-state index is 12.4.